The highest BCUT2D eigenvalue weighted by Crippen LogP contribution is 2.42. The number of nitrogens with one attached hydrogen (secondary N) is 1. The minimum Gasteiger partial charge on any atom is -0.463 e. The number of unbranched alkanes of at least 4 members (excludes halogenated alkanes) is 29. The average Bonchev–Trinajstić information content (AvgIpc) is 3.17. The highest BCUT2D eigenvalue weighted by atomic mass is 31.2. The van der Waals surface area contributed by atoms with Crippen molar-refractivity contribution in [2.24, 2.45) is 0 Å². The number of aliphatic hydroxyl groups is 1. The molecule has 0 bridgehead atoms. The van der Waals surface area contributed by atoms with E-state index in [1.165, 1.54) is 148 Å². The van der Waals surface area contributed by atoms with Crippen LogP contribution in [0.1, 0.15) is 232 Å². The van der Waals surface area contributed by atoms with Crippen molar-refractivity contribution in [3.05, 3.63) is 12.2 Å². The average molecular weight is 802 g/mol. The molecule has 10 heteroatoms. The van der Waals surface area contributed by atoms with E-state index in [0.717, 1.165) is 57.8 Å². The lowest BCUT2D eigenvalue weighted by Gasteiger charge is -2.15. The second-order valence-corrected chi connectivity index (χ2v) is 17.2. The summed E-state index contributed by atoms with van der Waals surface area (Å²) in [6.45, 7) is 3.56. The Kier molecular flexibility index (Phi) is 41.4. The first kappa shape index (κ1) is 53.8. The Morgan fingerprint density at radius 1 is 0.545 bits per heavy atom. The molecule has 326 valence electrons. The van der Waals surface area contributed by atoms with Crippen molar-refractivity contribution in [2.45, 2.75) is 238 Å². The van der Waals surface area contributed by atoms with Crippen LogP contribution in [0.4, 0.5) is 0 Å². The van der Waals surface area contributed by atoms with Crippen LogP contribution in [0.5, 0.6) is 0 Å². The van der Waals surface area contributed by atoms with Crippen molar-refractivity contribution in [2.75, 3.05) is 26.4 Å². The number of amides is 1. The van der Waals surface area contributed by atoms with Crippen LogP contribution >= 0.6 is 7.82 Å². The van der Waals surface area contributed by atoms with Crippen LogP contribution in [0, 0.1) is 0 Å². The molecular formula is C45H88NO8P. The highest BCUT2D eigenvalue weighted by molar-refractivity contribution is 7.47. The summed E-state index contributed by atoms with van der Waals surface area (Å²) >= 11 is 0. The normalized spacial score (nSPS) is 13.3. The molecule has 55 heavy (non-hydrogen) atoms. The number of hydrogen-bond donors (Lipinski definition) is 3. The van der Waals surface area contributed by atoms with Gasteiger partial charge in [-0.1, -0.05) is 193 Å². The van der Waals surface area contributed by atoms with Gasteiger partial charge in [-0.25, -0.2) is 4.57 Å². The fourth-order valence-corrected chi connectivity index (χ4v) is 7.43. The van der Waals surface area contributed by atoms with Gasteiger partial charge in [-0.3, -0.25) is 18.6 Å². The first-order valence-electron chi connectivity index (χ1n) is 23.2. The van der Waals surface area contributed by atoms with E-state index in [-0.39, 0.29) is 32.1 Å². The maximum Gasteiger partial charge on any atom is 0.472 e. The summed E-state index contributed by atoms with van der Waals surface area (Å²) in [6, 6.07) is 0. The number of esters is 1. The molecule has 2 unspecified atom stereocenters. The number of carbonyl (C=O) groups excluding carboxylic acids is 2. The molecule has 0 aliphatic carbocycles. The Bertz CT molecular complexity index is 917. The number of aliphatic hydroxyl groups excluding tert-OH is 1. The molecular weight excluding hydrogens is 713 g/mol. The SMILES string of the molecule is CCCCCC/C=C\CCCCCCCC(=O)OCC(O)COP(=O)(O)OCCNC(=O)CCCCCCCCCCCCCCCCCCCCCCC. The number of hydrogen-bond acceptors (Lipinski definition) is 7. The van der Waals surface area contributed by atoms with Crippen molar-refractivity contribution in [1.82, 2.24) is 5.32 Å². The molecule has 0 saturated carbocycles. The van der Waals surface area contributed by atoms with Gasteiger partial charge in [-0.05, 0) is 38.5 Å². The molecule has 0 saturated heterocycles. The third-order valence-corrected chi connectivity index (χ3v) is 11.2. The van der Waals surface area contributed by atoms with Crippen molar-refractivity contribution in [3.63, 3.8) is 0 Å². The van der Waals surface area contributed by atoms with Crippen molar-refractivity contribution >= 4 is 19.7 Å². The monoisotopic (exact) mass is 802 g/mol. The summed E-state index contributed by atoms with van der Waals surface area (Å²) in [5.41, 5.74) is 0. The molecule has 0 heterocycles. The van der Waals surface area contributed by atoms with E-state index >= 15 is 0 Å². The molecule has 0 fully saturated rings. The lowest BCUT2D eigenvalue weighted by molar-refractivity contribution is -0.147. The van der Waals surface area contributed by atoms with E-state index in [4.69, 9.17) is 13.8 Å². The predicted molar refractivity (Wildman–Crippen MR) is 229 cm³/mol. The quantitative estimate of drug-likeness (QED) is 0.0240. The molecule has 9 nitrogen and oxygen atoms in total. The van der Waals surface area contributed by atoms with E-state index in [1.54, 1.807) is 0 Å². The fraction of sp³-hybridized carbons (Fsp3) is 0.911. The molecule has 1 amide bonds. The summed E-state index contributed by atoms with van der Waals surface area (Å²) in [6.07, 6.45) is 44.4. The van der Waals surface area contributed by atoms with Crippen molar-refractivity contribution < 1.29 is 37.9 Å². The lowest BCUT2D eigenvalue weighted by atomic mass is 10.0. The summed E-state index contributed by atoms with van der Waals surface area (Å²) in [4.78, 5) is 33.9. The van der Waals surface area contributed by atoms with Crippen LogP contribution in [-0.4, -0.2) is 54.3 Å². The second kappa shape index (κ2) is 42.4. The van der Waals surface area contributed by atoms with Gasteiger partial charge in [-0.2, -0.15) is 0 Å². The molecule has 0 aliphatic rings. The third-order valence-electron chi connectivity index (χ3n) is 10.2. The van der Waals surface area contributed by atoms with Crippen LogP contribution in [0.2, 0.25) is 0 Å². The number of rotatable bonds is 44. The van der Waals surface area contributed by atoms with Gasteiger partial charge in [0.2, 0.25) is 5.91 Å². The largest absolute Gasteiger partial charge is 0.472 e. The molecule has 3 N–H and O–H groups in total. The Morgan fingerprint density at radius 3 is 1.38 bits per heavy atom. The number of allylic oxidation sites excluding steroid dienone is 2. The molecule has 2 atom stereocenters. The minimum atomic E-state index is -4.41. The van der Waals surface area contributed by atoms with E-state index in [1.807, 2.05) is 0 Å². The molecule has 0 aromatic rings. The second-order valence-electron chi connectivity index (χ2n) is 15.7. The minimum absolute atomic E-state index is 0.0857. The predicted octanol–water partition coefficient (Wildman–Crippen LogP) is 13.0. The van der Waals surface area contributed by atoms with Gasteiger partial charge in [-0.15, -0.1) is 0 Å². The first-order chi connectivity index (χ1) is 26.8. The van der Waals surface area contributed by atoms with Crippen LogP contribution in [0.3, 0.4) is 0 Å². The number of phosphoric ester groups is 1. The Balaban J connectivity index is 3.53. The summed E-state index contributed by atoms with van der Waals surface area (Å²) in [5.74, 6) is -0.515. The van der Waals surface area contributed by atoms with E-state index in [0.29, 0.717) is 6.42 Å². The van der Waals surface area contributed by atoms with E-state index in [9.17, 15) is 24.2 Å². The molecule has 0 rings (SSSR count). The Morgan fingerprint density at radius 2 is 0.927 bits per heavy atom. The van der Waals surface area contributed by atoms with Gasteiger partial charge in [0.15, 0.2) is 0 Å². The van der Waals surface area contributed by atoms with Crippen LogP contribution in [0.25, 0.3) is 0 Å². The zero-order chi connectivity index (χ0) is 40.3. The smallest absolute Gasteiger partial charge is 0.463 e. The van der Waals surface area contributed by atoms with Gasteiger partial charge < -0.3 is 20.1 Å². The van der Waals surface area contributed by atoms with E-state index in [2.05, 4.69) is 31.3 Å². The number of ether oxygens (including phenoxy) is 1. The lowest BCUT2D eigenvalue weighted by Crippen LogP contribution is -2.27. The molecule has 0 radical (unpaired) electrons. The zero-order valence-electron chi connectivity index (χ0n) is 35.9. The number of phosphoric acid groups is 1. The van der Waals surface area contributed by atoms with Gasteiger partial charge >= 0.3 is 13.8 Å². The zero-order valence-corrected chi connectivity index (χ0v) is 36.8. The fourth-order valence-electron chi connectivity index (χ4n) is 6.67. The first-order valence-corrected chi connectivity index (χ1v) is 24.7. The van der Waals surface area contributed by atoms with Gasteiger partial charge in [0.25, 0.3) is 0 Å². The topological polar surface area (TPSA) is 131 Å². The maximum atomic E-state index is 12.1. The van der Waals surface area contributed by atoms with Gasteiger partial charge in [0.1, 0.15) is 12.7 Å². The van der Waals surface area contributed by atoms with Crippen LogP contribution in [0.15, 0.2) is 12.2 Å². The summed E-state index contributed by atoms with van der Waals surface area (Å²) in [5, 5.41) is 12.7. The van der Waals surface area contributed by atoms with E-state index < -0.39 is 26.5 Å². The number of carbonyl (C=O) groups is 2. The van der Waals surface area contributed by atoms with Gasteiger partial charge in [0.05, 0.1) is 13.2 Å². The highest BCUT2D eigenvalue weighted by Gasteiger charge is 2.23. The summed E-state index contributed by atoms with van der Waals surface area (Å²) < 4.78 is 26.9. The van der Waals surface area contributed by atoms with Gasteiger partial charge in [0, 0.05) is 19.4 Å². The standard InChI is InChI=1S/C45H88NO8P/c1-3-5-7-9-11-13-15-17-18-19-20-21-22-23-24-26-27-29-31-33-35-37-44(48)46-39-40-53-55(50,51)54-42-43(47)41-52-45(49)38-36-34-32-30-28-25-16-14-12-10-8-6-4-2/h14,16,43,47H,3-13,15,17-42H2,1-2H3,(H,46,48)(H,50,51)/b16-14-. The molecule has 0 spiro atoms. The molecule has 0 aliphatic heterocycles. The third kappa shape index (κ3) is 43.7. The Labute approximate surface area is 338 Å². The van der Waals surface area contributed by atoms with Crippen molar-refractivity contribution in [3.8, 4) is 0 Å². The Hall–Kier alpha value is -1.25. The van der Waals surface area contributed by atoms with Crippen LogP contribution in [-0.2, 0) is 27.9 Å². The molecule has 0 aromatic carbocycles. The van der Waals surface area contributed by atoms with Crippen LogP contribution < -0.4 is 5.32 Å². The summed E-state index contributed by atoms with van der Waals surface area (Å²) in [7, 11) is -4.41. The molecule has 0 aromatic heterocycles. The van der Waals surface area contributed by atoms with Crippen molar-refractivity contribution in [1.29, 1.82) is 0 Å². The maximum absolute atomic E-state index is 12.1.